The lowest BCUT2D eigenvalue weighted by Gasteiger charge is -2.08. The molecule has 0 aliphatic heterocycles. The molecule has 0 saturated carbocycles. The summed E-state index contributed by atoms with van der Waals surface area (Å²) in [5.41, 5.74) is 2.11. The fraction of sp³-hybridized carbons (Fsp3) is 0.250. The van der Waals surface area contributed by atoms with E-state index in [2.05, 4.69) is 0 Å². The highest BCUT2D eigenvalue weighted by Crippen LogP contribution is 2.27. The molecule has 20 heavy (non-hydrogen) atoms. The Hall–Kier alpha value is -1.57. The zero-order valence-corrected chi connectivity index (χ0v) is 12.5. The van der Waals surface area contributed by atoms with Crippen molar-refractivity contribution in [1.82, 2.24) is 0 Å². The van der Waals surface area contributed by atoms with Gasteiger partial charge in [0, 0.05) is 6.16 Å². The van der Waals surface area contributed by atoms with Crippen LogP contribution in [0.5, 0.6) is 5.75 Å². The predicted octanol–water partition coefficient (Wildman–Crippen LogP) is 3.93. The number of para-hydroxylation sites is 1. The first kappa shape index (κ1) is 14.8. The second-order valence-electron chi connectivity index (χ2n) is 4.46. The summed E-state index contributed by atoms with van der Waals surface area (Å²) in [7, 11) is -0.368. The maximum absolute atomic E-state index is 11.9. The molecule has 0 bridgehead atoms. The van der Waals surface area contributed by atoms with E-state index in [0.717, 1.165) is 16.9 Å². The largest absolute Gasteiger partial charge is 0.496 e. The van der Waals surface area contributed by atoms with Gasteiger partial charge in [-0.15, -0.1) is 0 Å². The number of hydrogen-bond donors (Lipinski definition) is 0. The molecule has 0 heterocycles. The molecule has 0 aliphatic carbocycles. The van der Waals surface area contributed by atoms with Crippen molar-refractivity contribution in [3.05, 3.63) is 65.7 Å². The minimum atomic E-state index is -2.01. The predicted molar refractivity (Wildman–Crippen MR) is 81.8 cm³/mol. The lowest BCUT2D eigenvalue weighted by molar-refractivity contribution is 0.318. The Labute approximate surface area is 120 Å². The maximum Gasteiger partial charge on any atom is 0.192 e. The lowest BCUT2D eigenvalue weighted by Crippen LogP contribution is -1.95. The van der Waals surface area contributed by atoms with Gasteiger partial charge in [0.05, 0.1) is 13.7 Å². The van der Waals surface area contributed by atoms with Crippen molar-refractivity contribution < 1.29 is 13.8 Å². The standard InChI is InChI=1S/C16H19O3P/c1-18-16-10-6-5-9-15(16)11-12-20(17)19-13-14-7-3-2-4-8-14/h2-10,20H,11-13H2,1H3. The van der Waals surface area contributed by atoms with Crippen LogP contribution >= 0.6 is 8.03 Å². The molecule has 1 unspecified atom stereocenters. The third-order valence-corrected chi connectivity index (χ3v) is 4.16. The highest BCUT2D eigenvalue weighted by atomic mass is 31.1. The summed E-state index contributed by atoms with van der Waals surface area (Å²) in [6.07, 6.45) is 1.24. The van der Waals surface area contributed by atoms with Gasteiger partial charge < -0.3 is 9.26 Å². The van der Waals surface area contributed by atoms with Crippen molar-refractivity contribution in [2.24, 2.45) is 0 Å². The van der Waals surface area contributed by atoms with E-state index in [1.54, 1.807) is 7.11 Å². The van der Waals surface area contributed by atoms with Crippen molar-refractivity contribution in [1.29, 1.82) is 0 Å². The van der Waals surface area contributed by atoms with E-state index in [1.807, 2.05) is 54.6 Å². The Bertz CT molecular complexity index is 555. The Balaban J connectivity index is 1.80. The minimum Gasteiger partial charge on any atom is -0.496 e. The summed E-state index contributed by atoms with van der Waals surface area (Å²) >= 11 is 0. The zero-order valence-electron chi connectivity index (χ0n) is 11.5. The van der Waals surface area contributed by atoms with Gasteiger partial charge in [-0.2, -0.15) is 0 Å². The molecule has 106 valence electrons. The molecular formula is C16H19O3P. The molecule has 2 aromatic carbocycles. The summed E-state index contributed by atoms with van der Waals surface area (Å²) in [4.78, 5) is 0. The topological polar surface area (TPSA) is 35.5 Å². The van der Waals surface area contributed by atoms with Gasteiger partial charge in [-0.3, -0.25) is 4.57 Å². The van der Waals surface area contributed by atoms with Crippen LogP contribution in [0.3, 0.4) is 0 Å². The summed E-state index contributed by atoms with van der Waals surface area (Å²) in [6.45, 7) is 0.407. The first-order valence-corrected chi connectivity index (χ1v) is 8.13. The zero-order chi connectivity index (χ0) is 14.2. The van der Waals surface area contributed by atoms with Gasteiger partial charge >= 0.3 is 0 Å². The number of hydrogen-bond acceptors (Lipinski definition) is 3. The quantitative estimate of drug-likeness (QED) is 0.725. The number of benzene rings is 2. The molecule has 0 fully saturated rings. The monoisotopic (exact) mass is 290 g/mol. The van der Waals surface area contributed by atoms with Crippen LogP contribution in [-0.4, -0.2) is 13.3 Å². The van der Waals surface area contributed by atoms with E-state index < -0.39 is 8.03 Å². The minimum absolute atomic E-state index is 0.407. The molecule has 4 heteroatoms. The molecule has 0 aliphatic rings. The number of methoxy groups -OCH3 is 1. The van der Waals surface area contributed by atoms with Crippen LogP contribution in [0.15, 0.2) is 54.6 Å². The molecule has 3 nitrogen and oxygen atoms in total. The van der Waals surface area contributed by atoms with Gasteiger partial charge in [-0.1, -0.05) is 48.5 Å². The first-order chi connectivity index (χ1) is 9.79. The molecule has 2 rings (SSSR count). The molecule has 1 atom stereocenters. The highest BCUT2D eigenvalue weighted by Gasteiger charge is 2.05. The highest BCUT2D eigenvalue weighted by molar-refractivity contribution is 7.39. The van der Waals surface area contributed by atoms with Crippen molar-refractivity contribution in [2.45, 2.75) is 13.0 Å². The van der Waals surface area contributed by atoms with Crippen LogP contribution in [0.25, 0.3) is 0 Å². The fourth-order valence-corrected chi connectivity index (χ4v) is 2.90. The summed E-state index contributed by atoms with van der Waals surface area (Å²) in [5.74, 6) is 0.838. The Morgan fingerprint density at radius 2 is 1.70 bits per heavy atom. The van der Waals surface area contributed by atoms with E-state index in [9.17, 15) is 4.57 Å². The molecular weight excluding hydrogens is 271 g/mol. The van der Waals surface area contributed by atoms with Gasteiger partial charge in [0.2, 0.25) is 0 Å². The molecule has 0 radical (unpaired) electrons. The van der Waals surface area contributed by atoms with Gasteiger partial charge in [-0.25, -0.2) is 0 Å². The van der Waals surface area contributed by atoms with E-state index in [4.69, 9.17) is 9.26 Å². The van der Waals surface area contributed by atoms with Crippen LogP contribution in [0, 0.1) is 0 Å². The van der Waals surface area contributed by atoms with Crippen LogP contribution in [0.2, 0.25) is 0 Å². The van der Waals surface area contributed by atoms with E-state index in [-0.39, 0.29) is 0 Å². The Kier molecular flexibility index (Phi) is 5.85. The van der Waals surface area contributed by atoms with Crippen molar-refractivity contribution >= 4 is 8.03 Å². The first-order valence-electron chi connectivity index (χ1n) is 6.61. The van der Waals surface area contributed by atoms with Crippen LogP contribution in [-0.2, 0) is 22.1 Å². The fourth-order valence-electron chi connectivity index (χ4n) is 1.96. The Morgan fingerprint density at radius 3 is 2.45 bits per heavy atom. The van der Waals surface area contributed by atoms with E-state index >= 15 is 0 Å². The van der Waals surface area contributed by atoms with Gasteiger partial charge in [0.15, 0.2) is 8.03 Å². The lowest BCUT2D eigenvalue weighted by atomic mass is 10.1. The SMILES string of the molecule is COc1ccccc1CC[PH](=O)OCc1ccccc1. The van der Waals surface area contributed by atoms with E-state index in [1.165, 1.54) is 0 Å². The molecule has 0 aromatic heterocycles. The third kappa shape index (κ3) is 4.52. The third-order valence-electron chi connectivity index (χ3n) is 3.03. The van der Waals surface area contributed by atoms with Crippen LogP contribution in [0.1, 0.15) is 11.1 Å². The van der Waals surface area contributed by atoms with Crippen LogP contribution in [0.4, 0.5) is 0 Å². The van der Waals surface area contributed by atoms with Crippen molar-refractivity contribution in [3.8, 4) is 5.75 Å². The number of rotatable bonds is 7. The van der Waals surface area contributed by atoms with Crippen LogP contribution < -0.4 is 4.74 Å². The summed E-state index contributed by atoms with van der Waals surface area (Å²) < 4.78 is 22.6. The number of aryl methyl sites for hydroxylation is 1. The van der Waals surface area contributed by atoms with Gasteiger partial charge in [0.1, 0.15) is 5.75 Å². The molecule has 2 aromatic rings. The molecule has 0 amide bonds. The smallest absolute Gasteiger partial charge is 0.192 e. The summed E-state index contributed by atoms with van der Waals surface area (Å²) in [6, 6.07) is 17.6. The van der Waals surface area contributed by atoms with Gasteiger partial charge in [0.25, 0.3) is 0 Å². The molecule has 0 spiro atoms. The maximum atomic E-state index is 11.9. The van der Waals surface area contributed by atoms with E-state index in [0.29, 0.717) is 19.2 Å². The second-order valence-corrected chi connectivity index (χ2v) is 5.99. The molecule has 0 N–H and O–H groups in total. The molecule has 0 saturated heterocycles. The van der Waals surface area contributed by atoms with Crippen molar-refractivity contribution in [3.63, 3.8) is 0 Å². The normalized spacial score (nSPS) is 12.1. The van der Waals surface area contributed by atoms with Crippen molar-refractivity contribution in [2.75, 3.05) is 13.3 Å². The van der Waals surface area contributed by atoms with Gasteiger partial charge in [-0.05, 0) is 23.6 Å². The average Bonchev–Trinajstić information content (AvgIpc) is 2.52. The average molecular weight is 290 g/mol. The summed E-state index contributed by atoms with van der Waals surface area (Å²) in [5, 5.41) is 0. The Morgan fingerprint density at radius 1 is 1.00 bits per heavy atom. The second kappa shape index (κ2) is 7.88. The number of ether oxygens (including phenoxy) is 1.